The Labute approximate surface area is 99.3 Å². The van der Waals surface area contributed by atoms with Crippen molar-refractivity contribution in [2.75, 3.05) is 0 Å². The molecule has 5 nitrogen and oxygen atoms in total. The van der Waals surface area contributed by atoms with Crippen LogP contribution in [0.2, 0.25) is 0 Å². The summed E-state index contributed by atoms with van der Waals surface area (Å²) in [6.07, 6.45) is 0. The molecule has 2 aromatic rings. The van der Waals surface area contributed by atoms with Crippen molar-refractivity contribution >= 4 is 39.1 Å². The van der Waals surface area contributed by atoms with Crippen LogP contribution in [-0.2, 0) is 5.88 Å². The van der Waals surface area contributed by atoms with Gasteiger partial charge < -0.3 is 10.7 Å². The normalized spacial score (nSPS) is 10.9. The van der Waals surface area contributed by atoms with Gasteiger partial charge in [-0.05, 0) is 12.5 Å². The van der Waals surface area contributed by atoms with Gasteiger partial charge in [0.1, 0.15) is 10.7 Å². The number of amides is 1. The van der Waals surface area contributed by atoms with Gasteiger partial charge in [-0.2, -0.15) is 0 Å². The average Bonchev–Trinajstić information content (AvgIpc) is 2.56. The SMILES string of the molecule is Cc1c(C(N)=O)sc2nc(CCl)[nH]c(=O)c12. The number of aromatic nitrogens is 2. The maximum absolute atomic E-state index is 11.7. The zero-order valence-corrected chi connectivity index (χ0v) is 9.91. The van der Waals surface area contributed by atoms with Crippen molar-refractivity contribution in [2.24, 2.45) is 5.73 Å². The smallest absolute Gasteiger partial charge is 0.259 e. The monoisotopic (exact) mass is 257 g/mol. The van der Waals surface area contributed by atoms with Gasteiger partial charge in [0, 0.05) is 0 Å². The third-order valence-corrected chi connectivity index (χ3v) is 3.65. The van der Waals surface area contributed by atoms with E-state index in [1.165, 1.54) is 0 Å². The van der Waals surface area contributed by atoms with Crippen molar-refractivity contribution in [2.45, 2.75) is 12.8 Å². The fourth-order valence-corrected chi connectivity index (χ4v) is 2.67. The molecule has 0 saturated carbocycles. The number of aromatic amines is 1. The first-order chi connectivity index (χ1) is 7.54. The average molecular weight is 258 g/mol. The second-order valence-corrected chi connectivity index (χ2v) is 4.51. The highest BCUT2D eigenvalue weighted by Gasteiger charge is 2.16. The predicted octanol–water partition coefficient (Wildman–Crippen LogP) is 1.13. The Balaban J connectivity index is 2.86. The van der Waals surface area contributed by atoms with Crippen LogP contribution in [0.5, 0.6) is 0 Å². The fraction of sp³-hybridized carbons (Fsp3) is 0.222. The molecule has 84 valence electrons. The van der Waals surface area contributed by atoms with Gasteiger partial charge in [-0.15, -0.1) is 22.9 Å². The number of nitrogens with one attached hydrogen (secondary N) is 1. The number of nitrogens with two attached hydrogens (primary N) is 1. The van der Waals surface area contributed by atoms with Crippen LogP contribution in [0.15, 0.2) is 4.79 Å². The first-order valence-corrected chi connectivity index (χ1v) is 5.77. The Hall–Kier alpha value is -1.40. The number of carbonyl (C=O) groups excluding carboxylic acids is 1. The van der Waals surface area contributed by atoms with Crippen molar-refractivity contribution in [1.29, 1.82) is 0 Å². The lowest BCUT2D eigenvalue weighted by Gasteiger charge is -1.94. The van der Waals surface area contributed by atoms with E-state index in [0.717, 1.165) is 11.3 Å². The molecule has 0 aliphatic heterocycles. The molecule has 3 N–H and O–H groups in total. The molecule has 2 heterocycles. The number of alkyl halides is 1. The molecule has 0 aromatic carbocycles. The first-order valence-electron chi connectivity index (χ1n) is 4.42. The third-order valence-electron chi connectivity index (χ3n) is 2.20. The van der Waals surface area contributed by atoms with Gasteiger partial charge in [0.15, 0.2) is 0 Å². The van der Waals surface area contributed by atoms with Crippen molar-refractivity contribution in [3.63, 3.8) is 0 Å². The largest absolute Gasteiger partial charge is 0.365 e. The van der Waals surface area contributed by atoms with E-state index in [1.54, 1.807) is 6.92 Å². The second kappa shape index (κ2) is 3.88. The number of H-pyrrole nitrogens is 1. The molecule has 0 atom stereocenters. The van der Waals surface area contributed by atoms with Gasteiger partial charge in [-0.25, -0.2) is 4.98 Å². The standard InChI is InChI=1S/C9H8ClN3O2S/c1-3-5-8(15)12-4(2-10)13-9(5)16-6(3)7(11)14/h2H2,1H3,(H2,11,14)(H,12,13,15). The molecular formula is C9H8ClN3O2S. The number of thiophene rings is 1. The zero-order valence-electron chi connectivity index (χ0n) is 8.33. The number of rotatable bonds is 2. The number of halogens is 1. The molecule has 0 fully saturated rings. The Bertz CT molecular complexity index is 631. The molecule has 16 heavy (non-hydrogen) atoms. The van der Waals surface area contributed by atoms with Crippen molar-refractivity contribution in [3.05, 3.63) is 26.6 Å². The third kappa shape index (κ3) is 1.60. The zero-order chi connectivity index (χ0) is 11.9. The summed E-state index contributed by atoms with van der Waals surface area (Å²) >= 11 is 6.70. The molecule has 1 amide bonds. The summed E-state index contributed by atoms with van der Waals surface area (Å²) in [5.74, 6) is -0.0441. The summed E-state index contributed by atoms with van der Waals surface area (Å²) < 4.78 is 0. The number of hydrogen-bond donors (Lipinski definition) is 2. The van der Waals surface area contributed by atoms with Gasteiger partial charge in [0.05, 0.1) is 16.1 Å². The van der Waals surface area contributed by atoms with Crippen LogP contribution < -0.4 is 11.3 Å². The molecule has 0 aliphatic rings. The van der Waals surface area contributed by atoms with Gasteiger partial charge in [0.2, 0.25) is 0 Å². The molecule has 7 heteroatoms. The van der Waals surface area contributed by atoms with E-state index in [0.29, 0.717) is 26.5 Å². The van der Waals surface area contributed by atoms with Crippen molar-refractivity contribution < 1.29 is 4.79 Å². The van der Waals surface area contributed by atoms with Crippen LogP contribution in [0.3, 0.4) is 0 Å². The minimum atomic E-state index is -0.549. The highest BCUT2D eigenvalue weighted by Crippen LogP contribution is 2.26. The first kappa shape index (κ1) is 11.1. The minimum Gasteiger partial charge on any atom is -0.365 e. The molecule has 2 rings (SSSR count). The molecule has 0 unspecified atom stereocenters. The van der Waals surface area contributed by atoms with Crippen LogP contribution in [0.1, 0.15) is 21.1 Å². The van der Waals surface area contributed by atoms with Gasteiger partial charge in [-0.3, -0.25) is 9.59 Å². The number of hydrogen-bond acceptors (Lipinski definition) is 4. The highest BCUT2D eigenvalue weighted by molar-refractivity contribution is 7.20. The van der Waals surface area contributed by atoms with Crippen LogP contribution in [-0.4, -0.2) is 15.9 Å². The number of primary amides is 1. The molecule has 0 aliphatic carbocycles. The summed E-state index contributed by atoms with van der Waals surface area (Å²) in [5.41, 5.74) is 5.49. The van der Waals surface area contributed by atoms with E-state index in [1.807, 2.05) is 0 Å². The molecule has 0 bridgehead atoms. The van der Waals surface area contributed by atoms with Crippen LogP contribution in [0, 0.1) is 6.92 Å². The lowest BCUT2D eigenvalue weighted by Crippen LogP contribution is -2.12. The second-order valence-electron chi connectivity index (χ2n) is 3.25. The van der Waals surface area contributed by atoms with E-state index in [2.05, 4.69) is 9.97 Å². The van der Waals surface area contributed by atoms with Crippen molar-refractivity contribution in [1.82, 2.24) is 9.97 Å². The Kier molecular flexibility index (Phi) is 2.69. The quantitative estimate of drug-likeness (QED) is 0.791. The summed E-state index contributed by atoms with van der Waals surface area (Å²) in [6.45, 7) is 1.68. The van der Waals surface area contributed by atoms with E-state index >= 15 is 0 Å². The molecular weight excluding hydrogens is 250 g/mol. The number of carbonyl (C=O) groups is 1. The topological polar surface area (TPSA) is 88.8 Å². The predicted molar refractivity (Wildman–Crippen MR) is 63.1 cm³/mol. The Morgan fingerprint density at radius 3 is 2.88 bits per heavy atom. The summed E-state index contributed by atoms with van der Waals surface area (Å²) in [5, 5.41) is 0.410. The summed E-state index contributed by atoms with van der Waals surface area (Å²) in [6, 6.07) is 0. The maximum atomic E-state index is 11.7. The van der Waals surface area contributed by atoms with Crippen molar-refractivity contribution in [3.8, 4) is 0 Å². The summed E-state index contributed by atoms with van der Waals surface area (Å²) in [4.78, 5) is 30.4. The van der Waals surface area contributed by atoms with Crippen LogP contribution >= 0.6 is 22.9 Å². The van der Waals surface area contributed by atoms with Crippen LogP contribution in [0.25, 0.3) is 10.2 Å². The fourth-order valence-electron chi connectivity index (χ4n) is 1.49. The lowest BCUT2D eigenvalue weighted by molar-refractivity contribution is 0.100. The maximum Gasteiger partial charge on any atom is 0.259 e. The number of nitrogens with zero attached hydrogens (tertiary/aromatic N) is 1. The number of aryl methyl sites for hydroxylation is 1. The van der Waals surface area contributed by atoms with Gasteiger partial charge in [0.25, 0.3) is 11.5 Å². The number of fused-ring (bicyclic) bond motifs is 1. The van der Waals surface area contributed by atoms with E-state index < -0.39 is 5.91 Å². The van der Waals surface area contributed by atoms with Gasteiger partial charge >= 0.3 is 0 Å². The Morgan fingerprint density at radius 1 is 1.62 bits per heavy atom. The van der Waals surface area contributed by atoms with Crippen LogP contribution in [0.4, 0.5) is 0 Å². The van der Waals surface area contributed by atoms with E-state index in [9.17, 15) is 9.59 Å². The molecule has 0 saturated heterocycles. The Morgan fingerprint density at radius 2 is 2.31 bits per heavy atom. The van der Waals surface area contributed by atoms with E-state index in [4.69, 9.17) is 17.3 Å². The molecule has 0 spiro atoms. The lowest BCUT2D eigenvalue weighted by atomic mass is 10.2. The van der Waals surface area contributed by atoms with Gasteiger partial charge in [-0.1, -0.05) is 0 Å². The molecule has 2 aromatic heterocycles. The molecule has 0 radical (unpaired) electrons. The van der Waals surface area contributed by atoms with E-state index in [-0.39, 0.29) is 11.4 Å². The highest BCUT2D eigenvalue weighted by atomic mass is 35.5. The summed E-state index contributed by atoms with van der Waals surface area (Å²) in [7, 11) is 0. The minimum absolute atomic E-state index is 0.119.